The minimum Gasteiger partial charge on any atom is -0.0830 e. The molecule has 262 valence electrons. The third-order valence-electron chi connectivity index (χ3n) is 11.6. The minimum atomic E-state index is 0.737. The van der Waals surface area contributed by atoms with Gasteiger partial charge < -0.3 is 0 Å². The topological polar surface area (TPSA) is 0 Å². The Bertz CT molecular complexity index is 3020. The van der Waals surface area contributed by atoms with Crippen molar-refractivity contribution in [3.8, 4) is 44.5 Å². The molecule has 0 spiro atoms. The molecule has 0 N–H and O–H groups in total. The molecule has 0 saturated heterocycles. The fourth-order valence-corrected chi connectivity index (χ4v) is 9.85. The van der Waals surface area contributed by atoms with Gasteiger partial charge in [0.25, 0.3) is 0 Å². The molecule has 0 unspecified atom stereocenters. The second kappa shape index (κ2) is 13.1. The molecule has 0 nitrogen and oxygen atoms in total. The number of fused-ring (bicyclic) bond motifs is 7. The van der Waals surface area contributed by atoms with E-state index in [2.05, 4.69) is 194 Å². The predicted molar refractivity (Wildman–Crippen MR) is 243 cm³/mol. The maximum atomic E-state index is 7.56. The monoisotopic (exact) mass is 750 g/mol. The van der Waals surface area contributed by atoms with Gasteiger partial charge in [-0.1, -0.05) is 217 Å². The van der Waals surface area contributed by atoms with E-state index >= 15 is 0 Å². The van der Waals surface area contributed by atoms with Crippen LogP contribution < -0.4 is 0 Å². The summed E-state index contributed by atoms with van der Waals surface area (Å²) in [6, 6.07) is 69.4. The SMILES string of the molecule is Clc1c(-c2c3ccccc3c(-c3ccccc3)c3ccccc23)ccc2c1ccc1c(Cl)c(-c3c4ccccc4c(-c4ccccc4)c4ccccc34)ccc12. The van der Waals surface area contributed by atoms with E-state index in [9.17, 15) is 0 Å². The van der Waals surface area contributed by atoms with Crippen molar-refractivity contribution < 1.29 is 0 Å². The molecule has 11 aromatic carbocycles. The highest BCUT2D eigenvalue weighted by Gasteiger charge is 2.22. The van der Waals surface area contributed by atoms with Crippen molar-refractivity contribution in [2.24, 2.45) is 0 Å². The molecule has 0 aliphatic rings. The standard InChI is InChI=1S/C54H32Cl2/c55-53-45-29-30-46-36(28-32-48(54(46)56)52-43-25-13-9-21-39(43)50(34-17-5-2-6-18-34)40-22-10-14-26-44(40)52)35(45)27-31-47(53)51-41-23-11-7-19-37(41)49(33-15-3-1-4-16-33)38-20-8-12-24-42(38)51/h1-32H. The molecular weight excluding hydrogens is 719 g/mol. The van der Waals surface area contributed by atoms with Crippen LogP contribution in [0, 0.1) is 0 Å². The number of hydrogen-bond acceptors (Lipinski definition) is 0. The van der Waals surface area contributed by atoms with E-state index in [1.807, 2.05) is 0 Å². The van der Waals surface area contributed by atoms with Crippen molar-refractivity contribution in [3.05, 3.63) is 204 Å². The van der Waals surface area contributed by atoms with Crippen LogP contribution in [-0.4, -0.2) is 0 Å². The third-order valence-corrected chi connectivity index (χ3v) is 12.4. The van der Waals surface area contributed by atoms with Gasteiger partial charge in [-0.25, -0.2) is 0 Å². The predicted octanol–water partition coefficient (Wildman–Crippen LogP) is 16.6. The lowest BCUT2D eigenvalue weighted by Gasteiger charge is -2.20. The summed E-state index contributed by atoms with van der Waals surface area (Å²) in [7, 11) is 0. The molecule has 11 aromatic rings. The van der Waals surface area contributed by atoms with E-state index in [1.165, 1.54) is 65.3 Å². The first-order valence-corrected chi connectivity index (χ1v) is 19.7. The van der Waals surface area contributed by atoms with Gasteiger partial charge in [0.05, 0.1) is 10.0 Å². The summed E-state index contributed by atoms with van der Waals surface area (Å²) in [6.45, 7) is 0. The van der Waals surface area contributed by atoms with Crippen molar-refractivity contribution >= 4 is 87.8 Å². The Hall–Kier alpha value is -6.44. The van der Waals surface area contributed by atoms with Crippen LogP contribution in [0.15, 0.2) is 194 Å². The van der Waals surface area contributed by atoms with Gasteiger partial charge in [-0.05, 0) is 87.2 Å². The Morgan fingerprint density at radius 3 is 0.750 bits per heavy atom. The lowest BCUT2D eigenvalue weighted by Crippen LogP contribution is -1.93. The molecule has 0 bridgehead atoms. The zero-order valence-electron chi connectivity index (χ0n) is 30.2. The quantitative estimate of drug-likeness (QED) is 0.124. The Morgan fingerprint density at radius 1 is 0.196 bits per heavy atom. The zero-order chi connectivity index (χ0) is 37.3. The van der Waals surface area contributed by atoms with E-state index < -0.39 is 0 Å². The summed E-state index contributed by atoms with van der Waals surface area (Å²) in [5, 5.41) is 15.2. The van der Waals surface area contributed by atoms with Crippen molar-refractivity contribution in [2.75, 3.05) is 0 Å². The van der Waals surface area contributed by atoms with Crippen LogP contribution in [0.5, 0.6) is 0 Å². The first-order chi connectivity index (χ1) is 27.7. The summed E-state index contributed by atoms with van der Waals surface area (Å²) in [6.07, 6.45) is 0. The molecule has 11 rings (SSSR count). The van der Waals surface area contributed by atoms with Gasteiger partial charge in [0.15, 0.2) is 0 Å². The Balaban J connectivity index is 1.13. The largest absolute Gasteiger partial charge is 0.0830 e. The van der Waals surface area contributed by atoms with Crippen LogP contribution in [-0.2, 0) is 0 Å². The molecule has 0 aromatic heterocycles. The molecule has 56 heavy (non-hydrogen) atoms. The maximum absolute atomic E-state index is 7.56. The summed E-state index contributed by atoms with van der Waals surface area (Å²) in [4.78, 5) is 0. The molecular formula is C54H32Cl2. The van der Waals surface area contributed by atoms with E-state index in [-0.39, 0.29) is 0 Å². The first-order valence-electron chi connectivity index (χ1n) is 19.0. The summed E-state index contributed by atoms with van der Waals surface area (Å²) < 4.78 is 0. The normalized spacial score (nSPS) is 11.8. The van der Waals surface area contributed by atoms with Crippen LogP contribution in [0.3, 0.4) is 0 Å². The molecule has 0 aliphatic carbocycles. The van der Waals surface area contributed by atoms with Crippen LogP contribution in [0.2, 0.25) is 10.0 Å². The van der Waals surface area contributed by atoms with E-state index in [0.717, 1.165) is 53.8 Å². The van der Waals surface area contributed by atoms with Crippen LogP contribution in [0.1, 0.15) is 0 Å². The van der Waals surface area contributed by atoms with Gasteiger partial charge in [0.1, 0.15) is 0 Å². The number of hydrogen-bond donors (Lipinski definition) is 0. The first kappa shape index (κ1) is 32.9. The van der Waals surface area contributed by atoms with Gasteiger partial charge in [0.2, 0.25) is 0 Å². The van der Waals surface area contributed by atoms with Gasteiger partial charge in [0, 0.05) is 21.9 Å². The molecule has 0 amide bonds. The van der Waals surface area contributed by atoms with Crippen LogP contribution >= 0.6 is 23.2 Å². The molecule has 0 fully saturated rings. The van der Waals surface area contributed by atoms with Gasteiger partial charge in [-0.3, -0.25) is 0 Å². The number of benzene rings is 11. The minimum absolute atomic E-state index is 0.737. The molecule has 0 aliphatic heterocycles. The second-order valence-electron chi connectivity index (χ2n) is 14.5. The molecule has 0 atom stereocenters. The highest BCUT2D eigenvalue weighted by atomic mass is 35.5. The van der Waals surface area contributed by atoms with E-state index in [1.54, 1.807) is 0 Å². The Morgan fingerprint density at radius 2 is 0.446 bits per heavy atom. The summed E-state index contributed by atoms with van der Waals surface area (Å²) in [5.41, 5.74) is 9.21. The smallest absolute Gasteiger partial charge is 0.0563 e. The van der Waals surface area contributed by atoms with Gasteiger partial charge >= 0.3 is 0 Å². The third kappa shape index (κ3) is 4.93. The van der Waals surface area contributed by atoms with Crippen molar-refractivity contribution in [3.63, 3.8) is 0 Å². The molecule has 2 heteroatoms. The Kier molecular flexibility index (Phi) is 7.71. The van der Waals surface area contributed by atoms with E-state index in [0.29, 0.717) is 0 Å². The van der Waals surface area contributed by atoms with Crippen molar-refractivity contribution in [2.45, 2.75) is 0 Å². The fourth-order valence-electron chi connectivity index (χ4n) is 9.20. The summed E-state index contributed by atoms with van der Waals surface area (Å²) in [5.74, 6) is 0. The van der Waals surface area contributed by atoms with E-state index in [4.69, 9.17) is 23.2 Å². The average Bonchev–Trinajstić information content (AvgIpc) is 3.26. The number of halogens is 2. The summed E-state index contributed by atoms with van der Waals surface area (Å²) >= 11 is 15.1. The average molecular weight is 752 g/mol. The lowest BCUT2D eigenvalue weighted by atomic mass is 9.84. The Labute approximate surface area is 334 Å². The molecule has 0 radical (unpaired) electrons. The number of rotatable bonds is 4. The van der Waals surface area contributed by atoms with Gasteiger partial charge in [-0.15, -0.1) is 0 Å². The zero-order valence-corrected chi connectivity index (χ0v) is 31.7. The lowest BCUT2D eigenvalue weighted by molar-refractivity contribution is 1.66. The second-order valence-corrected chi connectivity index (χ2v) is 15.3. The fraction of sp³-hybridized carbons (Fsp3) is 0. The highest BCUT2D eigenvalue weighted by Crippen LogP contribution is 2.50. The van der Waals surface area contributed by atoms with Crippen molar-refractivity contribution in [1.82, 2.24) is 0 Å². The maximum Gasteiger partial charge on any atom is 0.0563 e. The van der Waals surface area contributed by atoms with Crippen molar-refractivity contribution in [1.29, 1.82) is 0 Å². The highest BCUT2D eigenvalue weighted by molar-refractivity contribution is 6.43. The van der Waals surface area contributed by atoms with Gasteiger partial charge in [-0.2, -0.15) is 0 Å². The van der Waals surface area contributed by atoms with Crippen LogP contribution in [0.25, 0.3) is 109 Å². The molecule has 0 saturated carbocycles. The van der Waals surface area contributed by atoms with Crippen LogP contribution in [0.4, 0.5) is 0 Å². The molecule has 0 heterocycles.